The molecule has 0 aliphatic rings. The first-order valence-corrected chi connectivity index (χ1v) is 4.30. The average Bonchev–Trinajstić information content (AvgIpc) is 2.66. The van der Waals surface area contributed by atoms with E-state index in [-0.39, 0.29) is 5.95 Å². The topological polar surface area (TPSA) is 91.7 Å². The molecule has 7 heteroatoms. The molecule has 0 saturated carbocycles. The first kappa shape index (κ1) is 9.38. The van der Waals surface area contributed by atoms with E-state index >= 15 is 0 Å². The van der Waals surface area contributed by atoms with Gasteiger partial charge in [0.05, 0.1) is 13.7 Å². The smallest absolute Gasteiger partial charge is 0.240 e. The zero-order valence-electron chi connectivity index (χ0n) is 8.16. The third-order valence-electron chi connectivity index (χ3n) is 1.90. The van der Waals surface area contributed by atoms with E-state index in [0.29, 0.717) is 12.4 Å². The van der Waals surface area contributed by atoms with Crippen molar-refractivity contribution in [1.29, 1.82) is 0 Å². The van der Waals surface area contributed by atoms with Crippen molar-refractivity contribution in [2.24, 2.45) is 0 Å². The monoisotopic (exact) mass is 206 g/mol. The highest BCUT2D eigenvalue weighted by atomic mass is 16.5. The van der Waals surface area contributed by atoms with E-state index in [9.17, 15) is 0 Å². The van der Waals surface area contributed by atoms with Gasteiger partial charge in [0.25, 0.3) is 0 Å². The molecular weight excluding hydrogens is 196 g/mol. The van der Waals surface area contributed by atoms with Crippen LogP contribution in [0.25, 0.3) is 0 Å². The zero-order valence-corrected chi connectivity index (χ0v) is 8.16. The lowest BCUT2D eigenvalue weighted by Gasteiger charge is -2.02. The van der Waals surface area contributed by atoms with E-state index in [2.05, 4.69) is 20.5 Å². The van der Waals surface area contributed by atoms with Crippen molar-refractivity contribution in [3.05, 3.63) is 23.9 Å². The van der Waals surface area contributed by atoms with Crippen molar-refractivity contribution in [2.75, 3.05) is 12.8 Å². The van der Waals surface area contributed by atoms with Crippen molar-refractivity contribution in [3.8, 4) is 5.88 Å². The van der Waals surface area contributed by atoms with Gasteiger partial charge in [-0.25, -0.2) is 9.67 Å². The highest BCUT2D eigenvalue weighted by molar-refractivity contribution is 5.20. The van der Waals surface area contributed by atoms with Crippen LogP contribution in [0, 0.1) is 0 Å². The fourth-order valence-corrected chi connectivity index (χ4v) is 1.12. The van der Waals surface area contributed by atoms with Gasteiger partial charge in [-0.05, 0) is 16.0 Å². The predicted molar refractivity (Wildman–Crippen MR) is 52.1 cm³/mol. The minimum Gasteiger partial charge on any atom is -0.481 e. The summed E-state index contributed by atoms with van der Waals surface area (Å²) in [6.07, 6.45) is 1.69. The number of aromatic nitrogens is 5. The molecule has 2 heterocycles. The van der Waals surface area contributed by atoms with E-state index in [0.717, 1.165) is 5.56 Å². The second kappa shape index (κ2) is 3.91. The molecular formula is C8H10N6O. The van der Waals surface area contributed by atoms with Crippen molar-refractivity contribution < 1.29 is 4.74 Å². The summed E-state index contributed by atoms with van der Waals surface area (Å²) >= 11 is 0. The number of anilines is 1. The molecule has 0 fully saturated rings. The number of hydrogen-bond donors (Lipinski definition) is 1. The van der Waals surface area contributed by atoms with Crippen molar-refractivity contribution >= 4 is 5.95 Å². The van der Waals surface area contributed by atoms with Gasteiger partial charge in [-0.15, -0.1) is 0 Å². The number of hydrogen-bond acceptors (Lipinski definition) is 6. The van der Waals surface area contributed by atoms with Crippen molar-refractivity contribution in [1.82, 2.24) is 25.2 Å². The number of pyridine rings is 1. The molecule has 0 spiro atoms. The highest BCUT2D eigenvalue weighted by Crippen LogP contribution is 2.08. The Morgan fingerprint density at radius 1 is 1.47 bits per heavy atom. The van der Waals surface area contributed by atoms with Crippen LogP contribution in [0.1, 0.15) is 5.56 Å². The first-order valence-electron chi connectivity index (χ1n) is 4.30. The number of ether oxygens (including phenoxy) is 1. The number of nitrogens with two attached hydrogens (primary N) is 1. The first-order chi connectivity index (χ1) is 7.29. The standard InChI is InChI=1S/C8H10N6O/c1-15-7-3-2-6(4-10-7)5-14-8(9)11-12-13-14/h2-4H,5H2,1H3,(H2,9,11,13). The highest BCUT2D eigenvalue weighted by Gasteiger charge is 2.02. The summed E-state index contributed by atoms with van der Waals surface area (Å²) in [7, 11) is 1.57. The summed E-state index contributed by atoms with van der Waals surface area (Å²) in [6, 6.07) is 3.66. The molecule has 0 unspecified atom stereocenters. The van der Waals surface area contributed by atoms with Crippen LogP contribution < -0.4 is 10.5 Å². The maximum Gasteiger partial charge on any atom is 0.240 e. The van der Waals surface area contributed by atoms with Gasteiger partial charge < -0.3 is 10.5 Å². The number of rotatable bonds is 3. The van der Waals surface area contributed by atoms with E-state index < -0.39 is 0 Å². The summed E-state index contributed by atoms with van der Waals surface area (Å²) in [6.45, 7) is 0.496. The van der Waals surface area contributed by atoms with Crippen LogP contribution in [0.5, 0.6) is 5.88 Å². The Morgan fingerprint density at radius 3 is 2.87 bits per heavy atom. The molecule has 2 rings (SSSR count). The Hall–Kier alpha value is -2.18. The van der Waals surface area contributed by atoms with Crippen LogP contribution >= 0.6 is 0 Å². The molecule has 0 aromatic carbocycles. The lowest BCUT2D eigenvalue weighted by molar-refractivity contribution is 0.397. The maximum atomic E-state index is 5.53. The van der Waals surface area contributed by atoms with Crippen LogP contribution in [0.3, 0.4) is 0 Å². The van der Waals surface area contributed by atoms with E-state index in [1.165, 1.54) is 4.68 Å². The molecule has 0 amide bonds. The number of methoxy groups -OCH3 is 1. The van der Waals surface area contributed by atoms with Crippen LogP contribution in [0.4, 0.5) is 5.95 Å². The van der Waals surface area contributed by atoms with Gasteiger partial charge >= 0.3 is 0 Å². The second-order valence-electron chi connectivity index (χ2n) is 2.90. The van der Waals surface area contributed by atoms with Crippen molar-refractivity contribution in [3.63, 3.8) is 0 Å². The van der Waals surface area contributed by atoms with Gasteiger partial charge in [0.15, 0.2) is 0 Å². The van der Waals surface area contributed by atoms with Gasteiger partial charge in [-0.3, -0.25) is 0 Å². The van der Waals surface area contributed by atoms with Crippen molar-refractivity contribution in [2.45, 2.75) is 6.54 Å². The number of tetrazole rings is 1. The minimum absolute atomic E-state index is 0.283. The normalized spacial score (nSPS) is 10.2. The summed E-state index contributed by atoms with van der Waals surface area (Å²) in [5, 5.41) is 10.8. The van der Waals surface area contributed by atoms with Gasteiger partial charge in [-0.2, -0.15) is 0 Å². The Balaban J connectivity index is 2.14. The van der Waals surface area contributed by atoms with Gasteiger partial charge in [-0.1, -0.05) is 11.2 Å². The molecule has 0 saturated heterocycles. The third kappa shape index (κ3) is 2.01. The largest absolute Gasteiger partial charge is 0.481 e. The van der Waals surface area contributed by atoms with Crippen LogP contribution in [-0.4, -0.2) is 32.3 Å². The minimum atomic E-state index is 0.283. The van der Waals surface area contributed by atoms with E-state index in [1.54, 1.807) is 19.4 Å². The predicted octanol–water partition coefficient (Wildman–Crippen LogP) is -0.293. The molecule has 0 bridgehead atoms. The molecule has 0 aliphatic heterocycles. The van der Waals surface area contributed by atoms with Crippen LogP contribution in [0.15, 0.2) is 18.3 Å². The molecule has 78 valence electrons. The molecule has 0 aliphatic carbocycles. The Morgan fingerprint density at radius 2 is 2.33 bits per heavy atom. The Labute approximate surface area is 85.9 Å². The summed E-state index contributed by atoms with van der Waals surface area (Å²) < 4.78 is 6.43. The zero-order chi connectivity index (χ0) is 10.7. The van der Waals surface area contributed by atoms with Gasteiger partial charge in [0.2, 0.25) is 11.8 Å². The maximum absolute atomic E-state index is 5.53. The molecule has 2 N–H and O–H groups in total. The average molecular weight is 206 g/mol. The second-order valence-corrected chi connectivity index (χ2v) is 2.90. The molecule has 0 radical (unpaired) electrons. The summed E-state index contributed by atoms with van der Waals surface area (Å²) in [4.78, 5) is 4.06. The Kier molecular flexibility index (Phi) is 2.44. The SMILES string of the molecule is COc1ccc(Cn2nnnc2N)cn1. The fraction of sp³-hybridized carbons (Fsp3) is 0.250. The molecule has 2 aromatic heterocycles. The van der Waals surface area contributed by atoms with E-state index in [1.807, 2.05) is 6.07 Å². The number of nitrogen functional groups attached to an aromatic ring is 1. The Bertz CT molecular complexity index is 437. The van der Waals surface area contributed by atoms with Gasteiger partial charge in [0.1, 0.15) is 0 Å². The fourth-order valence-electron chi connectivity index (χ4n) is 1.12. The summed E-state index contributed by atoms with van der Waals surface area (Å²) in [5.74, 6) is 0.856. The quantitative estimate of drug-likeness (QED) is 0.741. The third-order valence-corrected chi connectivity index (χ3v) is 1.90. The van der Waals surface area contributed by atoms with Crippen LogP contribution in [0.2, 0.25) is 0 Å². The molecule has 2 aromatic rings. The van der Waals surface area contributed by atoms with Crippen LogP contribution in [-0.2, 0) is 6.54 Å². The van der Waals surface area contributed by atoms with E-state index in [4.69, 9.17) is 10.5 Å². The lowest BCUT2D eigenvalue weighted by atomic mass is 10.3. The summed E-state index contributed by atoms with van der Waals surface area (Å²) in [5.41, 5.74) is 6.48. The molecule has 7 nitrogen and oxygen atoms in total. The lowest BCUT2D eigenvalue weighted by Crippen LogP contribution is -2.06. The molecule has 0 atom stereocenters. The number of nitrogens with zero attached hydrogens (tertiary/aromatic N) is 5. The van der Waals surface area contributed by atoms with Gasteiger partial charge in [0, 0.05) is 12.3 Å². The molecule has 15 heavy (non-hydrogen) atoms.